The van der Waals surface area contributed by atoms with Crippen molar-refractivity contribution >= 4 is 23.8 Å². The normalized spacial score (nSPS) is 13.3. The van der Waals surface area contributed by atoms with Gasteiger partial charge in [-0.1, -0.05) is 13.8 Å². The van der Waals surface area contributed by atoms with E-state index in [0.29, 0.717) is 0 Å². The lowest BCUT2D eigenvalue weighted by molar-refractivity contribution is -0.142. The lowest BCUT2D eigenvalue weighted by Gasteiger charge is -2.16. The Morgan fingerprint density at radius 2 is 1.64 bits per heavy atom. The molecule has 2 atom stereocenters. The molecule has 0 unspecified atom stereocenters. The molecule has 22 heavy (non-hydrogen) atoms. The third-order valence-corrected chi connectivity index (χ3v) is 2.79. The van der Waals surface area contributed by atoms with Gasteiger partial charge in [-0.15, -0.1) is 0 Å². The Balaban J connectivity index is 4.13. The number of hydrogen-bond acceptors (Lipinski definition) is 5. The summed E-state index contributed by atoms with van der Waals surface area (Å²) in [6.07, 6.45) is 0.103. The van der Waals surface area contributed by atoms with Gasteiger partial charge in [0.25, 0.3) is 0 Å². The molecular weight excluding hydrogens is 294 g/mol. The van der Waals surface area contributed by atoms with E-state index >= 15 is 0 Å². The molecule has 0 aromatic rings. The molecule has 0 rings (SSSR count). The van der Waals surface area contributed by atoms with Gasteiger partial charge in [-0.05, 0) is 18.8 Å². The topological polar surface area (TPSA) is 159 Å². The van der Waals surface area contributed by atoms with Crippen LogP contribution in [0.1, 0.15) is 33.1 Å². The van der Waals surface area contributed by atoms with E-state index in [1.807, 2.05) is 13.8 Å². The quantitative estimate of drug-likeness (QED) is 0.342. The zero-order chi connectivity index (χ0) is 17.3. The Bertz CT molecular complexity index is 424. The molecule has 0 fully saturated rings. The standard InChI is InChI=1S/C13H23N3O6/c1-7(2)5-9(13(21)22)16-11(18)6-15-10(17)4-3-8(14)12(19)20/h7-9H,3-6,14H2,1-2H3,(H,15,17)(H,16,18)(H,19,20)(H,21,22)/t8-,9-/m0/s1. The number of hydrogen-bond donors (Lipinski definition) is 5. The largest absolute Gasteiger partial charge is 0.480 e. The highest BCUT2D eigenvalue weighted by molar-refractivity contribution is 5.88. The van der Waals surface area contributed by atoms with Crippen molar-refractivity contribution in [2.45, 2.75) is 45.2 Å². The Hall–Kier alpha value is -2.16. The molecule has 9 heteroatoms. The molecule has 0 heterocycles. The molecule has 0 aliphatic heterocycles. The number of carbonyl (C=O) groups excluding carboxylic acids is 2. The minimum atomic E-state index is -1.21. The lowest BCUT2D eigenvalue weighted by Crippen LogP contribution is -2.46. The molecule has 0 aliphatic carbocycles. The van der Waals surface area contributed by atoms with E-state index in [4.69, 9.17) is 15.9 Å². The van der Waals surface area contributed by atoms with Crippen LogP contribution in [0.3, 0.4) is 0 Å². The van der Waals surface area contributed by atoms with Crippen LogP contribution < -0.4 is 16.4 Å². The third kappa shape index (κ3) is 8.90. The first kappa shape index (κ1) is 19.8. The molecular formula is C13H23N3O6. The van der Waals surface area contributed by atoms with Crippen LogP contribution >= 0.6 is 0 Å². The van der Waals surface area contributed by atoms with Crippen LogP contribution in [0, 0.1) is 5.92 Å². The van der Waals surface area contributed by atoms with E-state index < -0.39 is 35.8 Å². The fraction of sp³-hybridized carbons (Fsp3) is 0.692. The zero-order valence-corrected chi connectivity index (χ0v) is 12.7. The Kier molecular flexibility index (Phi) is 8.76. The molecule has 0 aliphatic rings. The van der Waals surface area contributed by atoms with Crippen LogP contribution in [0.5, 0.6) is 0 Å². The van der Waals surface area contributed by atoms with E-state index in [1.165, 1.54) is 0 Å². The summed E-state index contributed by atoms with van der Waals surface area (Å²) >= 11 is 0. The monoisotopic (exact) mass is 317 g/mol. The van der Waals surface area contributed by atoms with Crippen molar-refractivity contribution in [1.82, 2.24) is 10.6 Å². The maximum absolute atomic E-state index is 11.6. The summed E-state index contributed by atoms with van der Waals surface area (Å²) in [6, 6.07) is -2.15. The van der Waals surface area contributed by atoms with E-state index in [-0.39, 0.29) is 31.7 Å². The number of rotatable bonds is 10. The van der Waals surface area contributed by atoms with Crippen molar-refractivity contribution in [3.05, 3.63) is 0 Å². The highest BCUT2D eigenvalue weighted by Gasteiger charge is 2.21. The van der Waals surface area contributed by atoms with Gasteiger partial charge in [-0.3, -0.25) is 14.4 Å². The molecule has 126 valence electrons. The molecule has 0 spiro atoms. The fourth-order valence-corrected chi connectivity index (χ4v) is 1.62. The van der Waals surface area contributed by atoms with E-state index in [0.717, 1.165) is 0 Å². The summed E-state index contributed by atoms with van der Waals surface area (Å²) in [5, 5.41) is 22.1. The summed E-state index contributed by atoms with van der Waals surface area (Å²) in [5.41, 5.74) is 5.24. The average molecular weight is 317 g/mol. The van der Waals surface area contributed by atoms with Crippen LogP contribution in [0.15, 0.2) is 0 Å². The maximum atomic E-state index is 11.6. The number of aliphatic carboxylic acids is 2. The molecule has 0 saturated heterocycles. The van der Waals surface area contributed by atoms with Crippen LogP contribution in [0.25, 0.3) is 0 Å². The second kappa shape index (κ2) is 9.72. The summed E-state index contributed by atoms with van der Waals surface area (Å²) in [5.74, 6) is -3.40. The molecule has 2 amide bonds. The molecule has 9 nitrogen and oxygen atoms in total. The number of carboxylic acid groups (broad SMARTS) is 2. The number of nitrogens with two attached hydrogens (primary N) is 1. The molecule has 6 N–H and O–H groups in total. The summed E-state index contributed by atoms with van der Waals surface area (Å²) < 4.78 is 0. The molecule has 0 aromatic heterocycles. The highest BCUT2D eigenvalue weighted by atomic mass is 16.4. The first-order valence-electron chi connectivity index (χ1n) is 6.90. The number of amides is 2. The first-order valence-corrected chi connectivity index (χ1v) is 6.90. The predicted molar refractivity (Wildman–Crippen MR) is 76.9 cm³/mol. The van der Waals surface area contributed by atoms with Crippen molar-refractivity contribution in [2.24, 2.45) is 11.7 Å². The SMILES string of the molecule is CC(C)C[C@H](NC(=O)CNC(=O)CC[C@H](N)C(=O)O)C(=O)O. The van der Waals surface area contributed by atoms with Crippen molar-refractivity contribution in [1.29, 1.82) is 0 Å². The predicted octanol–water partition coefficient (Wildman–Crippen LogP) is -1.09. The Labute approximate surface area is 128 Å². The van der Waals surface area contributed by atoms with Crippen LogP contribution in [-0.2, 0) is 19.2 Å². The van der Waals surface area contributed by atoms with Gasteiger partial charge >= 0.3 is 11.9 Å². The fourth-order valence-electron chi connectivity index (χ4n) is 1.62. The van der Waals surface area contributed by atoms with E-state index in [2.05, 4.69) is 10.6 Å². The highest BCUT2D eigenvalue weighted by Crippen LogP contribution is 2.04. The molecule has 0 aromatic carbocycles. The van der Waals surface area contributed by atoms with Gasteiger partial charge in [0.15, 0.2) is 0 Å². The molecule has 0 radical (unpaired) electrons. The van der Waals surface area contributed by atoms with Crippen molar-refractivity contribution in [3.8, 4) is 0 Å². The van der Waals surface area contributed by atoms with Crippen LogP contribution in [-0.4, -0.2) is 52.6 Å². The maximum Gasteiger partial charge on any atom is 0.326 e. The van der Waals surface area contributed by atoms with Crippen molar-refractivity contribution < 1.29 is 29.4 Å². The number of carboxylic acids is 2. The minimum absolute atomic E-state index is 0.0477. The molecule has 0 saturated carbocycles. The van der Waals surface area contributed by atoms with Gasteiger partial charge in [0, 0.05) is 6.42 Å². The number of carbonyl (C=O) groups is 4. The van der Waals surface area contributed by atoms with Crippen molar-refractivity contribution in [3.63, 3.8) is 0 Å². The second-order valence-corrected chi connectivity index (χ2v) is 5.35. The van der Waals surface area contributed by atoms with Gasteiger partial charge in [0.05, 0.1) is 6.54 Å². The van der Waals surface area contributed by atoms with E-state index in [1.54, 1.807) is 0 Å². The Morgan fingerprint density at radius 1 is 1.05 bits per heavy atom. The third-order valence-electron chi connectivity index (χ3n) is 2.79. The van der Waals surface area contributed by atoms with Gasteiger partial charge in [-0.25, -0.2) is 4.79 Å². The van der Waals surface area contributed by atoms with Gasteiger partial charge < -0.3 is 26.6 Å². The summed E-state index contributed by atoms with van der Waals surface area (Å²) in [4.78, 5) is 44.5. The minimum Gasteiger partial charge on any atom is -0.480 e. The Morgan fingerprint density at radius 3 is 2.09 bits per heavy atom. The van der Waals surface area contributed by atoms with Gasteiger partial charge in [0.1, 0.15) is 12.1 Å². The smallest absolute Gasteiger partial charge is 0.326 e. The van der Waals surface area contributed by atoms with Crippen LogP contribution in [0.4, 0.5) is 0 Å². The summed E-state index contributed by atoms with van der Waals surface area (Å²) in [6.45, 7) is 3.29. The van der Waals surface area contributed by atoms with E-state index in [9.17, 15) is 19.2 Å². The van der Waals surface area contributed by atoms with Gasteiger partial charge in [-0.2, -0.15) is 0 Å². The number of nitrogens with one attached hydrogen (secondary N) is 2. The summed E-state index contributed by atoms with van der Waals surface area (Å²) in [7, 11) is 0. The van der Waals surface area contributed by atoms with Crippen LogP contribution in [0.2, 0.25) is 0 Å². The van der Waals surface area contributed by atoms with Gasteiger partial charge in [0.2, 0.25) is 11.8 Å². The molecule has 0 bridgehead atoms. The van der Waals surface area contributed by atoms with Crippen molar-refractivity contribution in [2.75, 3.05) is 6.54 Å². The average Bonchev–Trinajstić information content (AvgIpc) is 2.40. The lowest BCUT2D eigenvalue weighted by atomic mass is 10.0. The zero-order valence-electron chi connectivity index (χ0n) is 12.7. The first-order chi connectivity index (χ1) is 10.1. The second-order valence-electron chi connectivity index (χ2n) is 5.35.